The van der Waals surface area contributed by atoms with E-state index in [2.05, 4.69) is 20.7 Å². The number of nitrogens with one attached hydrogen (secondary N) is 1. The summed E-state index contributed by atoms with van der Waals surface area (Å²) in [6.07, 6.45) is 2.04. The van der Waals surface area contributed by atoms with Crippen LogP contribution in [0.4, 0.5) is 16.3 Å². The molecule has 2 aromatic heterocycles. The highest BCUT2D eigenvalue weighted by molar-refractivity contribution is 6.31. The van der Waals surface area contributed by atoms with Crippen molar-refractivity contribution in [2.24, 2.45) is 0 Å². The molecule has 2 amide bonds. The molecule has 30 heavy (non-hydrogen) atoms. The second kappa shape index (κ2) is 7.54. The smallest absolute Gasteiger partial charge is 0.321 e. The van der Waals surface area contributed by atoms with Crippen molar-refractivity contribution in [2.75, 3.05) is 36.4 Å². The number of hydrogen-bond acceptors (Lipinski definition) is 3. The lowest BCUT2D eigenvalue weighted by Crippen LogP contribution is -2.50. The second-order valence-corrected chi connectivity index (χ2v) is 8.04. The number of aromatic nitrogens is 2. The van der Waals surface area contributed by atoms with Crippen LogP contribution in [0.15, 0.2) is 60.8 Å². The molecule has 0 aliphatic carbocycles. The Hall–Kier alpha value is -3.25. The Morgan fingerprint density at radius 2 is 1.77 bits per heavy atom. The van der Waals surface area contributed by atoms with Crippen molar-refractivity contribution in [3.05, 3.63) is 71.4 Å². The minimum absolute atomic E-state index is 0.0652. The third-order valence-electron chi connectivity index (χ3n) is 5.57. The molecule has 0 unspecified atom stereocenters. The van der Waals surface area contributed by atoms with Gasteiger partial charge in [-0.1, -0.05) is 29.3 Å². The van der Waals surface area contributed by atoms with Crippen LogP contribution < -0.4 is 10.2 Å². The van der Waals surface area contributed by atoms with Crippen LogP contribution >= 0.6 is 11.6 Å². The van der Waals surface area contributed by atoms with Gasteiger partial charge < -0.3 is 19.5 Å². The Bertz CT molecular complexity index is 1230. The summed E-state index contributed by atoms with van der Waals surface area (Å²) < 4.78 is 2.14. The minimum atomic E-state index is -0.0652. The van der Waals surface area contributed by atoms with E-state index in [1.165, 1.54) is 5.56 Å². The number of fused-ring (bicyclic) bond motifs is 3. The number of benzene rings is 2. The first-order valence-corrected chi connectivity index (χ1v) is 10.4. The van der Waals surface area contributed by atoms with Crippen LogP contribution in [-0.2, 0) is 0 Å². The number of anilines is 2. The van der Waals surface area contributed by atoms with E-state index in [4.69, 9.17) is 16.6 Å². The normalized spacial score (nSPS) is 14.5. The van der Waals surface area contributed by atoms with E-state index in [0.29, 0.717) is 18.1 Å². The zero-order chi connectivity index (χ0) is 20.7. The highest BCUT2D eigenvalue weighted by atomic mass is 35.5. The first kappa shape index (κ1) is 18.8. The van der Waals surface area contributed by atoms with Crippen LogP contribution in [-0.4, -0.2) is 46.5 Å². The van der Waals surface area contributed by atoms with Gasteiger partial charge in [-0.2, -0.15) is 0 Å². The molecular weight excluding hydrogens is 398 g/mol. The third kappa shape index (κ3) is 3.44. The number of carbonyl (C=O) groups excluding carboxylic acids is 1. The molecule has 7 heteroatoms. The van der Waals surface area contributed by atoms with Crippen molar-refractivity contribution in [3.63, 3.8) is 0 Å². The minimum Gasteiger partial charge on any atom is -0.351 e. The number of nitrogens with zero attached hydrogens (tertiary/aromatic N) is 4. The maximum absolute atomic E-state index is 12.6. The summed E-state index contributed by atoms with van der Waals surface area (Å²) in [4.78, 5) is 21.6. The van der Waals surface area contributed by atoms with Crippen LogP contribution in [0.3, 0.4) is 0 Å². The largest absolute Gasteiger partial charge is 0.351 e. The fraction of sp³-hybridized carbons (Fsp3) is 0.217. The Morgan fingerprint density at radius 3 is 2.53 bits per heavy atom. The number of urea groups is 1. The van der Waals surface area contributed by atoms with Crippen molar-refractivity contribution in [1.82, 2.24) is 14.3 Å². The zero-order valence-corrected chi connectivity index (χ0v) is 17.4. The zero-order valence-electron chi connectivity index (χ0n) is 16.7. The van der Waals surface area contributed by atoms with Gasteiger partial charge >= 0.3 is 6.03 Å². The van der Waals surface area contributed by atoms with Crippen molar-refractivity contribution >= 4 is 45.7 Å². The molecule has 6 nitrogen and oxygen atoms in total. The monoisotopic (exact) mass is 419 g/mol. The van der Waals surface area contributed by atoms with E-state index >= 15 is 0 Å². The number of hydrogen-bond donors (Lipinski definition) is 1. The Morgan fingerprint density at radius 1 is 1.00 bits per heavy atom. The summed E-state index contributed by atoms with van der Waals surface area (Å²) in [5, 5.41) is 3.65. The molecule has 152 valence electrons. The number of rotatable bonds is 2. The maximum atomic E-state index is 12.6. The molecule has 2 aromatic carbocycles. The van der Waals surface area contributed by atoms with Crippen LogP contribution in [0, 0.1) is 6.92 Å². The van der Waals surface area contributed by atoms with Crippen molar-refractivity contribution in [1.29, 1.82) is 0 Å². The first-order chi connectivity index (χ1) is 14.6. The van der Waals surface area contributed by atoms with Crippen molar-refractivity contribution in [2.45, 2.75) is 6.92 Å². The van der Waals surface area contributed by atoms with Gasteiger partial charge in [0.15, 0.2) is 5.82 Å². The van der Waals surface area contributed by atoms with Gasteiger partial charge in [-0.05, 0) is 49.4 Å². The molecule has 1 N–H and O–H groups in total. The van der Waals surface area contributed by atoms with Crippen LogP contribution in [0.2, 0.25) is 5.02 Å². The van der Waals surface area contributed by atoms with E-state index in [9.17, 15) is 4.79 Å². The summed E-state index contributed by atoms with van der Waals surface area (Å²) >= 11 is 6.20. The number of piperazine rings is 1. The van der Waals surface area contributed by atoms with E-state index in [1.54, 1.807) is 0 Å². The fourth-order valence-electron chi connectivity index (χ4n) is 3.93. The molecule has 0 saturated carbocycles. The van der Waals surface area contributed by atoms with E-state index in [-0.39, 0.29) is 6.03 Å². The Kier molecular flexibility index (Phi) is 4.71. The van der Waals surface area contributed by atoms with E-state index < -0.39 is 0 Å². The fourth-order valence-corrected chi connectivity index (χ4v) is 4.09. The van der Waals surface area contributed by atoms with Gasteiger partial charge in [0, 0.05) is 43.1 Å². The molecule has 3 heterocycles. The van der Waals surface area contributed by atoms with Crippen LogP contribution in [0.1, 0.15) is 5.56 Å². The summed E-state index contributed by atoms with van der Waals surface area (Å²) in [7, 11) is 0. The lowest BCUT2D eigenvalue weighted by atomic mass is 10.2. The number of carbonyl (C=O) groups is 1. The van der Waals surface area contributed by atoms with Gasteiger partial charge in [0.1, 0.15) is 0 Å². The molecular formula is C23H22ClN5O. The predicted octanol–water partition coefficient (Wildman–Crippen LogP) is 4.80. The summed E-state index contributed by atoms with van der Waals surface area (Å²) in [5.41, 5.74) is 4.93. The standard InChI is InChI=1S/C23H22ClN5O/c1-16-4-7-18(8-5-16)25-23(30)28-13-11-27(12-14-28)22-21-3-2-10-29(21)20-9-6-17(24)15-19(20)26-22/h2-10,15H,11-14H2,1H3,(H,25,30). The molecule has 1 aliphatic rings. The summed E-state index contributed by atoms with van der Waals surface area (Å²) in [6, 6.07) is 17.7. The lowest BCUT2D eigenvalue weighted by molar-refractivity contribution is 0.208. The summed E-state index contributed by atoms with van der Waals surface area (Å²) in [5.74, 6) is 0.924. The lowest BCUT2D eigenvalue weighted by Gasteiger charge is -2.35. The molecule has 4 aromatic rings. The molecule has 0 radical (unpaired) electrons. The average molecular weight is 420 g/mol. The first-order valence-electron chi connectivity index (χ1n) is 10.0. The highest BCUT2D eigenvalue weighted by Crippen LogP contribution is 2.27. The van der Waals surface area contributed by atoms with E-state index in [1.807, 2.05) is 66.6 Å². The molecule has 5 rings (SSSR count). The predicted molar refractivity (Wildman–Crippen MR) is 122 cm³/mol. The van der Waals surface area contributed by atoms with Gasteiger partial charge in [-0.15, -0.1) is 0 Å². The molecule has 1 saturated heterocycles. The molecule has 0 bridgehead atoms. The Labute approximate surface area is 179 Å². The highest BCUT2D eigenvalue weighted by Gasteiger charge is 2.24. The quantitative estimate of drug-likeness (QED) is 0.507. The maximum Gasteiger partial charge on any atom is 0.321 e. The van der Waals surface area contributed by atoms with Gasteiger partial charge in [-0.3, -0.25) is 0 Å². The van der Waals surface area contributed by atoms with Crippen LogP contribution in [0.25, 0.3) is 16.6 Å². The number of amides is 2. The van der Waals surface area contributed by atoms with Gasteiger partial charge in [-0.25, -0.2) is 9.78 Å². The SMILES string of the molecule is Cc1ccc(NC(=O)N2CCN(c3nc4cc(Cl)ccc4n4cccc34)CC2)cc1. The van der Waals surface area contributed by atoms with Crippen molar-refractivity contribution < 1.29 is 4.79 Å². The molecule has 1 aliphatic heterocycles. The average Bonchev–Trinajstić information content (AvgIpc) is 3.25. The molecule has 0 spiro atoms. The Balaban J connectivity index is 1.35. The van der Waals surface area contributed by atoms with Crippen LogP contribution in [0.5, 0.6) is 0 Å². The van der Waals surface area contributed by atoms with Crippen molar-refractivity contribution in [3.8, 4) is 0 Å². The number of aryl methyl sites for hydroxylation is 1. The summed E-state index contributed by atoms with van der Waals surface area (Å²) in [6.45, 7) is 4.75. The number of halogens is 1. The van der Waals surface area contributed by atoms with Gasteiger partial charge in [0.25, 0.3) is 0 Å². The third-order valence-corrected chi connectivity index (χ3v) is 5.81. The molecule has 1 fully saturated rings. The molecule has 0 atom stereocenters. The van der Waals surface area contributed by atoms with Gasteiger partial charge in [0.2, 0.25) is 0 Å². The van der Waals surface area contributed by atoms with Gasteiger partial charge in [0.05, 0.1) is 16.6 Å². The van der Waals surface area contributed by atoms with E-state index in [0.717, 1.165) is 41.1 Å². The second-order valence-electron chi connectivity index (χ2n) is 7.60. The topological polar surface area (TPSA) is 52.9 Å².